The zero-order valence-electron chi connectivity index (χ0n) is 29.7. The molecule has 3 saturated carbocycles. The Morgan fingerprint density at radius 2 is 1.76 bits per heavy atom. The number of aliphatic hydroxyl groups is 3. The Labute approximate surface area is 252 Å². The molecule has 3 rings (SSSR count). The van der Waals surface area contributed by atoms with Crippen LogP contribution in [0.5, 0.6) is 0 Å². The Morgan fingerprint density at radius 1 is 1.10 bits per heavy atom. The Balaban J connectivity index is 1.95. The van der Waals surface area contributed by atoms with E-state index in [0.717, 1.165) is 5.57 Å². The van der Waals surface area contributed by atoms with Crippen LogP contribution in [-0.2, 0) is 0 Å². The highest BCUT2D eigenvalue weighted by atomic mass is 19.4. The van der Waals surface area contributed by atoms with Gasteiger partial charge in [-0.05, 0) is 112 Å². The van der Waals surface area contributed by atoms with Gasteiger partial charge in [0, 0.05) is 14.6 Å². The summed E-state index contributed by atoms with van der Waals surface area (Å²) in [5.41, 5.74) is -6.78. The molecule has 0 bridgehead atoms. The molecule has 0 aromatic carbocycles. The van der Waals surface area contributed by atoms with Crippen LogP contribution in [0.3, 0.4) is 0 Å². The Bertz CT molecular complexity index is 1230. The fourth-order valence-corrected chi connectivity index (χ4v) is 7.35. The van der Waals surface area contributed by atoms with Crippen LogP contribution < -0.4 is 0 Å². The molecule has 3 N–H and O–H groups in total. The molecular formula is C32H45F7O3. The van der Waals surface area contributed by atoms with E-state index < -0.39 is 67.3 Å². The van der Waals surface area contributed by atoms with Crippen molar-refractivity contribution in [2.24, 2.45) is 23.2 Å². The number of hydrogen-bond acceptors (Lipinski definition) is 3. The molecule has 3 fully saturated rings. The van der Waals surface area contributed by atoms with Gasteiger partial charge in [-0.3, -0.25) is 0 Å². The van der Waals surface area contributed by atoms with Gasteiger partial charge < -0.3 is 15.3 Å². The topological polar surface area (TPSA) is 60.7 Å². The minimum atomic E-state index is -6.06. The molecule has 6 atom stereocenters. The summed E-state index contributed by atoms with van der Waals surface area (Å²) in [5, 5.41) is 30.4. The molecule has 3 nitrogen and oxygen atoms in total. The molecule has 42 heavy (non-hydrogen) atoms. The van der Waals surface area contributed by atoms with Crippen molar-refractivity contribution >= 4 is 0 Å². The fourth-order valence-electron chi connectivity index (χ4n) is 7.35. The average Bonchev–Trinajstić information content (AvgIpc) is 3.28. The lowest BCUT2D eigenvalue weighted by atomic mass is 9.60. The van der Waals surface area contributed by atoms with Crippen LogP contribution >= 0.6 is 0 Å². The van der Waals surface area contributed by atoms with Crippen molar-refractivity contribution in [3.8, 4) is 0 Å². The minimum Gasteiger partial charge on any atom is -0.393 e. The third-order valence-electron chi connectivity index (χ3n) is 9.61. The summed E-state index contributed by atoms with van der Waals surface area (Å²) in [6, 6.07) is 0. The van der Waals surface area contributed by atoms with E-state index >= 15 is 0 Å². The van der Waals surface area contributed by atoms with Gasteiger partial charge in [0.15, 0.2) is 0 Å². The summed E-state index contributed by atoms with van der Waals surface area (Å²) in [7, 11) is 0. The predicted molar refractivity (Wildman–Crippen MR) is 148 cm³/mol. The second-order valence-electron chi connectivity index (χ2n) is 12.5. The first-order chi connectivity index (χ1) is 21.7. The molecule has 0 aliphatic heterocycles. The van der Waals surface area contributed by atoms with E-state index in [2.05, 4.69) is 6.58 Å². The van der Waals surface area contributed by atoms with Crippen LogP contribution in [-0.4, -0.2) is 51.1 Å². The van der Waals surface area contributed by atoms with Crippen LogP contribution in [0.15, 0.2) is 47.6 Å². The molecular weight excluding hydrogens is 565 g/mol. The van der Waals surface area contributed by atoms with Crippen molar-refractivity contribution in [1.29, 1.82) is 0 Å². The second kappa shape index (κ2) is 12.8. The number of halogens is 7. The number of rotatable bonds is 9. The van der Waals surface area contributed by atoms with E-state index in [1.165, 1.54) is 0 Å². The van der Waals surface area contributed by atoms with Crippen molar-refractivity contribution in [2.75, 3.05) is 0 Å². The Kier molecular flexibility index (Phi) is 8.12. The second-order valence-corrected chi connectivity index (χ2v) is 12.5. The van der Waals surface area contributed by atoms with Crippen LogP contribution in [0.2, 0.25) is 0 Å². The molecule has 0 aromatic heterocycles. The van der Waals surface area contributed by atoms with Crippen molar-refractivity contribution in [1.82, 2.24) is 0 Å². The maximum Gasteiger partial charge on any atom is 0.429 e. The van der Waals surface area contributed by atoms with Gasteiger partial charge in [0.25, 0.3) is 5.60 Å². The fraction of sp³-hybridized carbons (Fsp3) is 0.750. The zero-order chi connectivity index (χ0) is 36.7. The Morgan fingerprint density at radius 3 is 2.38 bits per heavy atom. The van der Waals surface area contributed by atoms with Crippen molar-refractivity contribution < 1.29 is 54.3 Å². The highest BCUT2D eigenvalue weighted by Gasteiger charge is 2.69. The van der Waals surface area contributed by atoms with Gasteiger partial charge in [-0.25, -0.2) is 4.39 Å². The molecule has 0 unspecified atom stereocenters. The first kappa shape index (κ1) is 26.7. The van der Waals surface area contributed by atoms with Crippen LogP contribution in [0.25, 0.3) is 0 Å². The molecule has 0 amide bonds. The highest BCUT2D eigenvalue weighted by molar-refractivity contribution is 5.38. The molecule has 0 spiro atoms. The van der Waals surface area contributed by atoms with E-state index in [-0.39, 0.29) is 50.0 Å². The summed E-state index contributed by atoms with van der Waals surface area (Å²) in [6.45, 7) is -0.809. The summed E-state index contributed by atoms with van der Waals surface area (Å²) in [6.07, 6.45) is -8.31. The first-order valence-electron chi connectivity index (χ1n) is 17.4. The van der Waals surface area contributed by atoms with Crippen molar-refractivity contribution in [3.05, 3.63) is 47.6 Å². The molecule has 3 aliphatic rings. The quantitative estimate of drug-likeness (QED) is 0.180. The monoisotopic (exact) mass is 616 g/mol. The molecule has 10 heteroatoms. The molecule has 0 radical (unpaired) electrons. The van der Waals surface area contributed by atoms with Gasteiger partial charge in [-0.2, -0.15) is 26.3 Å². The number of fused-ring (bicyclic) bond motifs is 1. The SMILES string of the molecule is [2H]C([2H])([2H])C(O)(CCC[C@@H](C/C=C/C(O)(C(F)(F)F)C(F)(F)F)[C@H]1CC[C@H]2/C(=C/C=C3/C[C@@H](O)C[C@H](F)C3=C)CCC[C@]12C)C([2H])([2H])[2H]. The maximum atomic E-state index is 14.3. The largest absolute Gasteiger partial charge is 0.429 e. The molecule has 0 heterocycles. The summed E-state index contributed by atoms with van der Waals surface area (Å²) in [5.74, 6) is -1.01. The lowest BCUT2D eigenvalue weighted by Crippen LogP contribution is -2.55. The third-order valence-corrected chi connectivity index (χ3v) is 9.61. The predicted octanol–water partition coefficient (Wildman–Crippen LogP) is 8.46. The van der Waals surface area contributed by atoms with Gasteiger partial charge in [0.1, 0.15) is 6.17 Å². The van der Waals surface area contributed by atoms with Gasteiger partial charge >= 0.3 is 12.4 Å². The van der Waals surface area contributed by atoms with E-state index in [1.54, 1.807) is 6.08 Å². The summed E-state index contributed by atoms with van der Waals surface area (Å²) in [4.78, 5) is 0. The average molecular weight is 617 g/mol. The molecule has 3 aliphatic carbocycles. The van der Waals surface area contributed by atoms with Crippen molar-refractivity contribution in [3.63, 3.8) is 0 Å². The van der Waals surface area contributed by atoms with Crippen LogP contribution in [0.4, 0.5) is 30.7 Å². The van der Waals surface area contributed by atoms with Gasteiger partial charge in [0.05, 0.1) is 11.7 Å². The van der Waals surface area contributed by atoms with Gasteiger partial charge in [-0.15, -0.1) is 0 Å². The van der Waals surface area contributed by atoms with E-state index in [9.17, 15) is 46.1 Å². The third kappa shape index (κ3) is 7.70. The van der Waals surface area contributed by atoms with E-state index in [0.29, 0.717) is 49.3 Å². The molecule has 0 saturated heterocycles. The number of allylic oxidation sites excluding steroid dienone is 5. The minimum absolute atomic E-state index is 0.0129. The zero-order valence-corrected chi connectivity index (χ0v) is 23.7. The number of aliphatic hydroxyl groups excluding tert-OH is 1. The number of hydrogen-bond donors (Lipinski definition) is 3. The summed E-state index contributed by atoms with van der Waals surface area (Å²) >= 11 is 0. The molecule has 0 aromatic rings. The first-order valence-corrected chi connectivity index (χ1v) is 14.4. The number of alkyl halides is 7. The molecule has 240 valence electrons. The maximum absolute atomic E-state index is 14.3. The normalized spacial score (nSPS) is 35.4. The lowest BCUT2D eigenvalue weighted by molar-refractivity contribution is -0.347. The smallest absolute Gasteiger partial charge is 0.393 e. The standard InChI is InChI=1S/C32H45F7O3/c1-20-23(18-24(40)19-27(20)33)12-11-22-9-6-16-29(4)25(13-14-26(22)29)21(8-5-15-28(2,3)41)10-7-17-30(42,31(34,35)36)32(37,38)39/h7,11-12,17,21,24-27,40-42H,1,5-6,8-10,13-16,18-19H2,2-4H3/b17-7+,22-11+,23-12-/t21-,24+,25+,26-,27-,29+/m0/s1/i2D3,3D3. The lowest BCUT2D eigenvalue weighted by Gasteiger charge is -2.45. The van der Waals surface area contributed by atoms with E-state index in [4.69, 9.17) is 8.22 Å². The van der Waals surface area contributed by atoms with Gasteiger partial charge in [0.2, 0.25) is 0 Å². The highest BCUT2D eigenvalue weighted by Crippen LogP contribution is 2.60. The van der Waals surface area contributed by atoms with Gasteiger partial charge in [-0.1, -0.05) is 43.7 Å². The van der Waals surface area contributed by atoms with Crippen molar-refractivity contribution in [2.45, 2.75) is 127 Å². The van der Waals surface area contributed by atoms with E-state index in [1.807, 2.05) is 13.0 Å². The summed E-state index contributed by atoms with van der Waals surface area (Å²) < 4.78 is 140. The Hall–Kier alpha value is -1.65. The van der Waals surface area contributed by atoms with Crippen LogP contribution in [0, 0.1) is 23.2 Å². The van der Waals surface area contributed by atoms with Crippen LogP contribution in [0.1, 0.15) is 99.5 Å².